The first kappa shape index (κ1) is 18.4. The molecule has 2 heterocycles. The van der Waals surface area contributed by atoms with Gasteiger partial charge in [-0.1, -0.05) is 41.9 Å². The minimum absolute atomic E-state index is 0.0837. The quantitative estimate of drug-likeness (QED) is 0.403. The summed E-state index contributed by atoms with van der Waals surface area (Å²) in [5, 5.41) is 20.9. The van der Waals surface area contributed by atoms with E-state index in [1.54, 1.807) is 65.7 Å². The van der Waals surface area contributed by atoms with Crippen LogP contribution in [-0.4, -0.2) is 10.7 Å². The van der Waals surface area contributed by atoms with Gasteiger partial charge in [0, 0.05) is 11.2 Å². The number of rotatable bonds is 4. The smallest absolute Gasteiger partial charge is 0.219 e. The molecular formula is C21H12ClN3OS. The molecule has 3 rings (SSSR count). The van der Waals surface area contributed by atoms with E-state index in [9.17, 15) is 15.3 Å². The number of allylic oxidation sites excluding steroid dienone is 5. The zero-order valence-corrected chi connectivity index (χ0v) is 15.5. The molecule has 0 N–H and O–H groups in total. The van der Waals surface area contributed by atoms with E-state index in [1.165, 1.54) is 11.3 Å². The van der Waals surface area contributed by atoms with Gasteiger partial charge in [-0.3, -0.25) is 4.79 Å². The number of benzene rings is 1. The third-order valence-electron chi connectivity index (χ3n) is 3.77. The average molecular weight is 390 g/mol. The molecule has 4 nitrogen and oxygen atoms in total. The first-order valence-corrected chi connectivity index (χ1v) is 9.14. The van der Waals surface area contributed by atoms with E-state index in [4.69, 9.17) is 11.6 Å². The second-order valence-electron chi connectivity index (χ2n) is 5.41. The van der Waals surface area contributed by atoms with Crippen molar-refractivity contribution in [2.45, 2.75) is 0 Å². The van der Waals surface area contributed by atoms with Crippen LogP contribution in [0.3, 0.4) is 0 Å². The van der Waals surface area contributed by atoms with Crippen LogP contribution in [0.5, 0.6) is 0 Å². The van der Waals surface area contributed by atoms with Crippen molar-refractivity contribution in [1.82, 2.24) is 4.90 Å². The van der Waals surface area contributed by atoms with Crippen molar-refractivity contribution in [3.63, 3.8) is 0 Å². The molecule has 1 aliphatic rings. The second-order valence-corrected chi connectivity index (χ2v) is 6.77. The molecular weight excluding hydrogens is 378 g/mol. The van der Waals surface area contributed by atoms with Crippen molar-refractivity contribution in [1.29, 1.82) is 10.5 Å². The van der Waals surface area contributed by atoms with Gasteiger partial charge in [0.1, 0.15) is 12.1 Å². The lowest BCUT2D eigenvalue weighted by molar-refractivity contribution is 0.101. The van der Waals surface area contributed by atoms with E-state index in [0.29, 0.717) is 26.9 Å². The molecule has 1 aliphatic heterocycles. The molecule has 2 aromatic rings. The fourth-order valence-electron chi connectivity index (χ4n) is 2.51. The van der Waals surface area contributed by atoms with Gasteiger partial charge in [-0.2, -0.15) is 10.5 Å². The summed E-state index contributed by atoms with van der Waals surface area (Å²) in [5.41, 5.74) is 1.21. The van der Waals surface area contributed by atoms with Crippen molar-refractivity contribution in [3.05, 3.63) is 98.6 Å². The zero-order chi connectivity index (χ0) is 19.2. The minimum Gasteiger partial charge on any atom is -0.312 e. The van der Waals surface area contributed by atoms with Crippen molar-refractivity contribution in [2.75, 3.05) is 0 Å². The van der Waals surface area contributed by atoms with Crippen LogP contribution < -0.4 is 0 Å². The van der Waals surface area contributed by atoms with E-state index in [0.717, 1.165) is 0 Å². The maximum Gasteiger partial charge on any atom is 0.219 e. The Morgan fingerprint density at radius 2 is 1.89 bits per heavy atom. The lowest BCUT2D eigenvalue weighted by Crippen LogP contribution is -2.23. The Morgan fingerprint density at radius 3 is 2.56 bits per heavy atom. The molecule has 0 radical (unpaired) electrons. The summed E-state index contributed by atoms with van der Waals surface area (Å²) in [6.45, 7) is 0. The van der Waals surface area contributed by atoms with Gasteiger partial charge in [0.05, 0.1) is 16.3 Å². The van der Waals surface area contributed by atoms with Crippen LogP contribution in [0.2, 0.25) is 5.02 Å². The highest BCUT2D eigenvalue weighted by molar-refractivity contribution is 7.12. The first-order valence-electron chi connectivity index (χ1n) is 7.88. The molecule has 0 bridgehead atoms. The Bertz CT molecular complexity index is 1060. The summed E-state index contributed by atoms with van der Waals surface area (Å²) in [5.74, 6) is -0.224. The molecule has 27 heavy (non-hydrogen) atoms. The van der Waals surface area contributed by atoms with Crippen molar-refractivity contribution < 1.29 is 4.79 Å². The van der Waals surface area contributed by atoms with Crippen LogP contribution in [0.1, 0.15) is 15.2 Å². The van der Waals surface area contributed by atoms with E-state index in [-0.39, 0.29) is 11.4 Å². The Hall–Kier alpha value is -3.38. The molecule has 130 valence electrons. The molecule has 0 fully saturated rings. The van der Waals surface area contributed by atoms with Crippen molar-refractivity contribution >= 4 is 34.8 Å². The van der Waals surface area contributed by atoms with Crippen LogP contribution in [0, 0.1) is 22.7 Å². The van der Waals surface area contributed by atoms with Gasteiger partial charge in [0.25, 0.3) is 0 Å². The van der Waals surface area contributed by atoms with Crippen LogP contribution in [0.25, 0.3) is 6.08 Å². The number of halogens is 1. The van der Waals surface area contributed by atoms with E-state index >= 15 is 0 Å². The highest BCUT2D eigenvalue weighted by atomic mass is 35.5. The van der Waals surface area contributed by atoms with Gasteiger partial charge in [0.15, 0.2) is 5.57 Å². The third kappa shape index (κ3) is 3.91. The summed E-state index contributed by atoms with van der Waals surface area (Å²) in [6, 6.07) is 14.5. The lowest BCUT2D eigenvalue weighted by Gasteiger charge is -2.25. The maximum absolute atomic E-state index is 13.2. The van der Waals surface area contributed by atoms with Crippen LogP contribution >= 0.6 is 22.9 Å². The average Bonchev–Trinajstić information content (AvgIpc) is 3.23. The first-order chi connectivity index (χ1) is 13.2. The SMILES string of the molecule is N#CC(C#N)=C1C=CC=CN1/C(=C/c1ccccc1Cl)C(=O)c1cccs1. The normalized spacial score (nSPS) is 13.2. The Balaban J connectivity index is 2.20. The zero-order valence-electron chi connectivity index (χ0n) is 14.0. The minimum atomic E-state index is -0.224. The summed E-state index contributed by atoms with van der Waals surface area (Å²) in [7, 11) is 0. The summed E-state index contributed by atoms with van der Waals surface area (Å²) in [6.07, 6.45) is 8.39. The molecule has 6 heteroatoms. The highest BCUT2D eigenvalue weighted by Crippen LogP contribution is 2.29. The number of thiophene rings is 1. The van der Waals surface area contributed by atoms with Gasteiger partial charge in [-0.05, 0) is 41.3 Å². The molecule has 0 spiro atoms. The Morgan fingerprint density at radius 1 is 1.11 bits per heavy atom. The largest absolute Gasteiger partial charge is 0.312 e. The predicted molar refractivity (Wildman–Crippen MR) is 106 cm³/mol. The molecule has 0 saturated carbocycles. The number of Topliss-reactive ketones (excluding diaryl/α,β-unsaturated/α-hetero) is 1. The number of hydrogen-bond donors (Lipinski definition) is 0. The van der Waals surface area contributed by atoms with Gasteiger partial charge in [-0.15, -0.1) is 11.3 Å². The predicted octanol–water partition coefficient (Wildman–Crippen LogP) is 5.31. The van der Waals surface area contributed by atoms with Crippen molar-refractivity contribution in [3.8, 4) is 12.1 Å². The maximum atomic E-state index is 13.2. The van der Waals surface area contributed by atoms with E-state index in [1.807, 2.05) is 23.6 Å². The standard InChI is InChI=1S/C21H12ClN3OS/c22-17-7-2-1-6-15(17)12-19(21(26)20-9-5-11-27-20)25-10-4-3-8-18(25)16(13-23)14-24/h1-12H/b19-12+. The fourth-order valence-corrected chi connectivity index (χ4v) is 3.38. The fraction of sp³-hybridized carbons (Fsp3) is 0. The van der Waals surface area contributed by atoms with Crippen LogP contribution in [0.15, 0.2) is 83.2 Å². The summed E-state index contributed by atoms with van der Waals surface area (Å²) >= 11 is 7.59. The highest BCUT2D eigenvalue weighted by Gasteiger charge is 2.24. The van der Waals surface area contributed by atoms with E-state index in [2.05, 4.69) is 0 Å². The molecule has 0 unspecified atom stereocenters. The van der Waals surface area contributed by atoms with Crippen molar-refractivity contribution in [2.24, 2.45) is 0 Å². The van der Waals surface area contributed by atoms with Gasteiger partial charge < -0.3 is 4.90 Å². The van der Waals surface area contributed by atoms with E-state index < -0.39 is 0 Å². The molecule has 0 saturated heterocycles. The number of hydrogen-bond acceptors (Lipinski definition) is 5. The number of nitrogens with zero attached hydrogens (tertiary/aromatic N) is 3. The lowest BCUT2D eigenvalue weighted by atomic mass is 10.1. The third-order valence-corrected chi connectivity index (χ3v) is 4.99. The van der Waals surface area contributed by atoms with Gasteiger partial charge >= 0.3 is 0 Å². The number of ketones is 1. The molecule has 1 aromatic carbocycles. The summed E-state index contributed by atoms with van der Waals surface area (Å²) < 4.78 is 0. The molecule has 1 aromatic heterocycles. The Labute approximate surface area is 165 Å². The molecule has 0 aliphatic carbocycles. The summed E-state index contributed by atoms with van der Waals surface area (Å²) in [4.78, 5) is 15.3. The molecule has 0 atom stereocenters. The Kier molecular flexibility index (Phi) is 5.68. The van der Waals surface area contributed by atoms with Crippen LogP contribution in [-0.2, 0) is 0 Å². The van der Waals surface area contributed by atoms with Gasteiger partial charge in [-0.25, -0.2) is 0 Å². The number of carbonyl (C=O) groups is 1. The number of carbonyl (C=O) groups excluding carboxylic acids is 1. The molecule has 0 amide bonds. The van der Waals surface area contributed by atoms with Gasteiger partial charge in [0.2, 0.25) is 5.78 Å². The number of nitriles is 2. The second kappa shape index (κ2) is 8.33. The topological polar surface area (TPSA) is 67.9 Å². The van der Waals surface area contributed by atoms with Crippen LogP contribution in [0.4, 0.5) is 0 Å². The monoisotopic (exact) mass is 389 g/mol.